The van der Waals surface area contributed by atoms with Crippen molar-refractivity contribution in [3.05, 3.63) is 65.5 Å². The number of carbonyl (C=O) groups excluding carboxylic acids is 2. The minimum atomic E-state index is -0.447. The van der Waals surface area contributed by atoms with Crippen LogP contribution < -0.4 is 10.6 Å². The fourth-order valence-corrected chi connectivity index (χ4v) is 2.12. The summed E-state index contributed by atoms with van der Waals surface area (Å²) in [5, 5.41) is 5.43. The van der Waals surface area contributed by atoms with Crippen molar-refractivity contribution in [3.63, 3.8) is 0 Å². The van der Waals surface area contributed by atoms with Crippen molar-refractivity contribution in [2.45, 2.75) is 13.3 Å². The maximum atomic E-state index is 12.9. The minimum Gasteiger partial charge on any atom is -0.462 e. The lowest BCUT2D eigenvalue weighted by atomic mass is 10.2. The first kappa shape index (κ1) is 18.5. The van der Waals surface area contributed by atoms with Gasteiger partial charge in [0.15, 0.2) is 5.11 Å². The summed E-state index contributed by atoms with van der Waals surface area (Å²) in [4.78, 5) is 23.7. The van der Waals surface area contributed by atoms with Gasteiger partial charge in [0.05, 0.1) is 12.2 Å². The van der Waals surface area contributed by atoms with E-state index in [1.54, 1.807) is 24.3 Å². The van der Waals surface area contributed by atoms with Gasteiger partial charge in [-0.1, -0.05) is 6.92 Å². The third kappa shape index (κ3) is 5.65. The molecule has 2 aromatic carbocycles. The predicted molar refractivity (Wildman–Crippen MR) is 97.1 cm³/mol. The fourth-order valence-electron chi connectivity index (χ4n) is 1.91. The Bertz CT molecular complexity index is 761. The lowest BCUT2D eigenvalue weighted by Gasteiger charge is -2.10. The van der Waals surface area contributed by atoms with Gasteiger partial charge in [0.1, 0.15) is 5.82 Å². The number of carbonyl (C=O) groups is 2. The van der Waals surface area contributed by atoms with Crippen molar-refractivity contribution in [2.24, 2.45) is 0 Å². The van der Waals surface area contributed by atoms with Gasteiger partial charge in [-0.25, -0.2) is 9.18 Å². The number of esters is 1. The van der Waals surface area contributed by atoms with Crippen molar-refractivity contribution in [1.82, 2.24) is 5.32 Å². The molecule has 7 heteroatoms. The van der Waals surface area contributed by atoms with Crippen LogP contribution in [0.25, 0.3) is 0 Å². The number of hydrogen-bond donors (Lipinski definition) is 2. The van der Waals surface area contributed by atoms with E-state index in [1.807, 2.05) is 6.92 Å². The largest absolute Gasteiger partial charge is 0.462 e. The van der Waals surface area contributed by atoms with Gasteiger partial charge in [-0.05, 0) is 67.2 Å². The van der Waals surface area contributed by atoms with Gasteiger partial charge >= 0.3 is 5.97 Å². The topological polar surface area (TPSA) is 67.4 Å². The molecule has 0 radical (unpaired) electrons. The summed E-state index contributed by atoms with van der Waals surface area (Å²) in [5.41, 5.74) is 1.33. The van der Waals surface area contributed by atoms with Gasteiger partial charge < -0.3 is 10.1 Å². The first-order valence-corrected chi connectivity index (χ1v) is 8.05. The van der Waals surface area contributed by atoms with E-state index in [0.717, 1.165) is 6.42 Å². The molecule has 0 saturated carbocycles. The predicted octanol–water partition coefficient (Wildman–Crippen LogP) is 3.52. The van der Waals surface area contributed by atoms with E-state index < -0.39 is 11.7 Å². The molecular weight excluding hydrogens is 343 g/mol. The van der Waals surface area contributed by atoms with E-state index in [4.69, 9.17) is 17.0 Å². The summed E-state index contributed by atoms with van der Waals surface area (Å²) in [5.74, 6) is -1.26. The van der Waals surface area contributed by atoms with Crippen LogP contribution in [0.2, 0.25) is 0 Å². The molecule has 0 atom stereocenters. The fraction of sp³-hybridized carbons (Fsp3) is 0.167. The molecule has 0 bridgehead atoms. The number of halogens is 1. The molecule has 5 nitrogen and oxygen atoms in total. The quantitative estimate of drug-likeness (QED) is 0.631. The lowest BCUT2D eigenvalue weighted by molar-refractivity contribution is 0.0505. The van der Waals surface area contributed by atoms with Gasteiger partial charge in [-0.15, -0.1) is 0 Å². The average Bonchev–Trinajstić information content (AvgIpc) is 2.60. The van der Waals surface area contributed by atoms with Crippen LogP contribution in [0.3, 0.4) is 0 Å². The Morgan fingerprint density at radius 2 is 1.64 bits per heavy atom. The van der Waals surface area contributed by atoms with E-state index in [-0.39, 0.29) is 11.1 Å². The van der Waals surface area contributed by atoms with Crippen LogP contribution in [0.1, 0.15) is 34.1 Å². The standard InChI is InChI=1S/C18H17FN2O3S/c1-2-11-24-17(23)13-5-9-15(10-6-13)20-18(25)21-16(22)12-3-7-14(19)8-4-12/h3-10H,2,11H2,1H3,(H2,20,21,22,25). The van der Waals surface area contributed by atoms with Gasteiger partial charge in [0.2, 0.25) is 0 Å². The zero-order chi connectivity index (χ0) is 18.2. The smallest absolute Gasteiger partial charge is 0.338 e. The van der Waals surface area contributed by atoms with E-state index >= 15 is 0 Å². The van der Waals surface area contributed by atoms with E-state index in [0.29, 0.717) is 23.4 Å². The number of thiocarbonyl (C=S) groups is 1. The zero-order valence-electron chi connectivity index (χ0n) is 13.5. The third-order valence-corrected chi connectivity index (χ3v) is 3.35. The number of hydrogen-bond acceptors (Lipinski definition) is 4. The Kier molecular flexibility index (Phi) is 6.59. The first-order valence-electron chi connectivity index (χ1n) is 7.64. The van der Waals surface area contributed by atoms with Gasteiger partial charge in [-0.3, -0.25) is 10.1 Å². The molecule has 25 heavy (non-hydrogen) atoms. The molecule has 130 valence electrons. The molecule has 0 aliphatic carbocycles. The first-order chi connectivity index (χ1) is 12.0. The molecule has 0 aliphatic heterocycles. The average molecular weight is 360 g/mol. The monoisotopic (exact) mass is 360 g/mol. The van der Waals surface area contributed by atoms with Crippen LogP contribution in [0, 0.1) is 5.82 Å². The Balaban J connectivity index is 1.90. The summed E-state index contributed by atoms with van der Waals surface area (Å²) < 4.78 is 17.9. The van der Waals surface area contributed by atoms with Crippen LogP contribution in [0.5, 0.6) is 0 Å². The molecule has 0 aliphatic rings. The van der Waals surface area contributed by atoms with Crippen molar-refractivity contribution < 1.29 is 18.7 Å². The molecule has 2 aromatic rings. The molecule has 0 saturated heterocycles. The summed E-state index contributed by atoms with van der Waals surface area (Å²) in [6.45, 7) is 2.29. The third-order valence-electron chi connectivity index (χ3n) is 3.15. The molecular formula is C18H17FN2O3S. The second kappa shape index (κ2) is 8.89. The van der Waals surface area contributed by atoms with E-state index in [9.17, 15) is 14.0 Å². The van der Waals surface area contributed by atoms with Crippen molar-refractivity contribution in [2.75, 3.05) is 11.9 Å². The molecule has 0 unspecified atom stereocenters. The highest BCUT2D eigenvalue weighted by molar-refractivity contribution is 7.80. The van der Waals surface area contributed by atoms with Crippen LogP contribution in [-0.2, 0) is 4.74 Å². The molecule has 2 N–H and O–H groups in total. The van der Waals surface area contributed by atoms with Crippen molar-refractivity contribution in [3.8, 4) is 0 Å². The summed E-state index contributed by atoms with van der Waals surface area (Å²) >= 11 is 5.07. The Hall–Kier alpha value is -2.80. The number of ether oxygens (including phenoxy) is 1. The lowest BCUT2D eigenvalue weighted by Crippen LogP contribution is -2.34. The maximum absolute atomic E-state index is 12.9. The van der Waals surface area contributed by atoms with Gasteiger partial charge in [0, 0.05) is 11.3 Å². The molecule has 0 spiro atoms. The van der Waals surface area contributed by atoms with E-state index in [1.165, 1.54) is 24.3 Å². The van der Waals surface area contributed by atoms with Crippen LogP contribution in [-0.4, -0.2) is 23.6 Å². The second-order valence-corrected chi connectivity index (χ2v) is 5.54. The molecule has 1 amide bonds. The number of benzene rings is 2. The summed E-state index contributed by atoms with van der Waals surface area (Å²) in [6, 6.07) is 11.6. The molecule has 0 heterocycles. The van der Waals surface area contributed by atoms with E-state index in [2.05, 4.69) is 10.6 Å². The highest BCUT2D eigenvalue weighted by atomic mass is 32.1. The van der Waals surface area contributed by atoms with Gasteiger partial charge in [-0.2, -0.15) is 0 Å². The molecule has 2 rings (SSSR count). The zero-order valence-corrected chi connectivity index (χ0v) is 14.4. The number of nitrogens with one attached hydrogen (secondary N) is 2. The maximum Gasteiger partial charge on any atom is 0.338 e. The Morgan fingerprint density at radius 3 is 2.24 bits per heavy atom. The van der Waals surface area contributed by atoms with Gasteiger partial charge in [0.25, 0.3) is 5.91 Å². The van der Waals surface area contributed by atoms with Crippen LogP contribution in [0.15, 0.2) is 48.5 Å². The highest BCUT2D eigenvalue weighted by Gasteiger charge is 2.09. The van der Waals surface area contributed by atoms with Crippen molar-refractivity contribution >= 4 is 34.9 Å². The Morgan fingerprint density at radius 1 is 1.04 bits per heavy atom. The van der Waals surface area contributed by atoms with Crippen LogP contribution >= 0.6 is 12.2 Å². The SMILES string of the molecule is CCCOC(=O)c1ccc(NC(=S)NC(=O)c2ccc(F)cc2)cc1. The highest BCUT2D eigenvalue weighted by Crippen LogP contribution is 2.11. The Labute approximate surface area is 150 Å². The minimum absolute atomic E-state index is 0.0932. The second-order valence-electron chi connectivity index (χ2n) is 5.13. The van der Waals surface area contributed by atoms with Crippen LogP contribution in [0.4, 0.5) is 10.1 Å². The van der Waals surface area contributed by atoms with Crippen molar-refractivity contribution in [1.29, 1.82) is 0 Å². The number of amides is 1. The number of rotatable bonds is 5. The molecule has 0 aromatic heterocycles. The summed E-state index contributed by atoms with van der Waals surface area (Å²) in [7, 11) is 0. The summed E-state index contributed by atoms with van der Waals surface area (Å²) in [6.07, 6.45) is 0.757. The number of anilines is 1. The normalized spacial score (nSPS) is 10.0. The molecule has 0 fully saturated rings.